The van der Waals surface area contributed by atoms with Crippen LogP contribution in [0.25, 0.3) is 5.69 Å². The molecule has 0 saturated heterocycles. The average Bonchev–Trinajstić information content (AvgIpc) is 2.64. The lowest BCUT2D eigenvalue weighted by Crippen LogP contribution is -1.90. The first-order chi connectivity index (χ1) is 7.56. The molecule has 0 saturated carbocycles. The van der Waals surface area contributed by atoms with Crippen LogP contribution in [0.2, 0.25) is 10.0 Å². The minimum Gasteiger partial charge on any atom is -0.358 e. The van der Waals surface area contributed by atoms with E-state index in [1.54, 1.807) is 18.2 Å². The molecule has 0 amide bonds. The summed E-state index contributed by atoms with van der Waals surface area (Å²) in [5.74, 6) is -0.226. The maximum atomic E-state index is 10.5. The maximum absolute atomic E-state index is 10.5. The van der Waals surface area contributed by atoms with Crippen LogP contribution in [-0.4, -0.2) is 14.5 Å². The normalized spacial score (nSPS) is 10.4. The van der Waals surface area contributed by atoms with E-state index in [1.807, 2.05) is 0 Å². The molecule has 82 valence electrons. The van der Waals surface area contributed by atoms with Gasteiger partial charge in [-0.05, 0) is 28.1 Å². The second-order valence-corrected chi connectivity index (χ2v) is 3.90. The van der Waals surface area contributed by atoms with Gasteiger partial charge < -0.3 is 10.1 Å². The number of nitrogens with zero attached hydrogens (tertiary/aromatic N) is 3. The third-order valence-electron chi connectivity index (χ3n) is 1.90. The van der Waals surface area contributed by atoms with E-state index in [0.717, 1.165) is 0 Å². The van der Waals surface area contributed by atoms with E-state index in [9.17, 15) is 10.1 Å². The number of rotatable bonds is 2. The smallest absolute Gasteiger partial charge is 0.358 e. The number of hydrogen-bond acceptors (Lipinski definition) is 3. The van der Waals surface area contributed by atoms with Crippen LogP contribution in [0, 0.1) is 10.1 Å². The zero-order chi connectivity index (χ0) is 11.7. The van der Waals surface area contributed by atoms with E-state index in [2.05, 4.69) is 4.98 Å². The first-order valence-corrected chi connectivity index (χ1v) is 4.97. The summed E-state index contributed by atoms with van der Waals surface area (Å²) >= 11 is 11.6. The van der Waals surface area contributed by atoms with E-state index in [1.165, 1.54) is 17.1 Å². The summed E-state index contributed by atoms with van der Waals surface area (Å²) < 4.78 is 1.48. The van der Waals surface area contributed by atoms with Crippen molar-refractivity contribution in [1.82, 2.24) is 9.55 Å². The van der Waals surface area contributed by atoms with Gasteiger partial charge in [-0.3, -0.25) is 4.57 Å². The van der Waals surface area contributed by atoms with Crippen molar-refractivity contribution in [3.63, 3.8) is 0 Å². The van der Waals surface area contributed by atoms with Crippen LogP contribution in [0.1, 0.15) is 0 Å². The SMILES string of the molecule is O=[N+]([O-])c1cn(-c2cc(Cl)cc(Cl)c2)cn1. The number of halogens is 2. The van der Waals surface area contributed by atoms with Gasteiger partial charge >= 0.3 is 5.82 Å². The third kappa shape index (κ3) is 2.15. The van der Waals surface area contributed by atoms with Crippen molar-refractivity contribution in [2.45, 2.75) is 0 Å². The van der Waals surface area contributed by atoms with E-state index < -0.39 is 4.92 Å². The zero-order valence-corrected chi connectivity index (χ0v) is 9.31. The van der Waals surface area contributed by atoms with Crippen LogP contribution in [0.3, 0.4) is 0 Å². The molecule has 0 aliphatic heterocycles. The van der Waals surface area contributed by atoms with Crippen LogP contribution >= 0.6 is 23.2 Å². The summed E-state index contributed by atoms with van der Waals surface area (Å²) in [4.78, 5) is 13.5. The van der Waals surface area contributed by atoms with Crippen molar-refractivity contribution in [2.75, 3.05) is 0 Å². The molecule has 2 aromatic rings. The van der Waals surface area contributed by atoms with Gasteiger partial charge in [-0.1, -0.05) is 23.2 Å². The van der Waals surface area contributed by atoms with Crippen LogP contribution in [-0.2, 0) is 0 Å². The Hall–Kier alpha value is -1.59. The lowest BCUT2D eigenvalue weighted by molar-refractivity contribution is -0.389. The lowest BCUT2D eigenvalue weighted by atomic mass is 10.3. The molecule has 1 heterocycles. The van der Waals surface area contributed by atoms with Gasteiger partial charge in [-0.15, -0.1) is 0 Å². The summed E-state index contributed by atoms with van der Waals surface area (Å²) in [5, 5.41) is 11.4. The minimum absolute atomic E-state index is 0.226. The molecule has 0 aliphatic rings. The quantitative estimate of drug-likeness (QED) is 0.614. The highest BCUT2D eigenvalue weighted by molar-refractivity contribution is 6.34. The Bertz CT molecular complexity index is 533. The first-order valence-electron chi connectivity index (χ1n) is 4.21. The van der Waals surface area contributed by atoms with Crippen molar-refractivity contribution in [2.24, 2.45) is 0 Å². The fourth-order valence-electron chi connectivity index (χ4n) is 1.24. The van der Waals surface area contributed by atoms with E-state index >= 15 is 0 Å². The molecule has 0 bridgehead atoms. The summed E-state index contributed by atoms with van der Waals surface area (Å²) in [5.41, 5.74) is 0.623. The Kier molecular flexibility index (Phi) is 2.80. The van der Waals surface area contributed by atoms with Gasteiger partial charge in [0.05, 0.1) is 5.69 Å². The minimum atomic E-state index is -0.567. The number of hydrogen-bond donors (Lipinski definition) is 0. The highest BCUT2D eigenvalue weighted by Gasteiger charge is 2.11. The van der Waals surface area contributed by atoms with E-state index in [0.29, 0.717) is 15.7 Å². The van der Waals surface area contributed by atoms with Gasteiger partial charge in [-0.2, -0.15) is 0 Å². The zero-order valence-electron chi connectivity index (χ0n) is 7.80. The molecule has 1 aromatic heterocycles. The van der Waals surface area contributed by atoms with Crippen LogP contribution < -0.4 is 0 Å². The standard InChI is InChI=1S/C9H5Cl2N3O2/c10-6-1-7(11)3-8(2-6)13-4-9(12-5-13)14(15)16/h1-5H. The molecule has 0 spiro atoms. The Balaban J connectivity index is 2.46. The second kappa shape index (κ2) is 4.11. The molecule has 0 atom stereocenters. The third-order valence-corrected chi connectivity index (χ3v) is 2.34. The highest BCUT2D eigenvalue weighted by Crippen LogP contribution is 2.22. The Morgan fingerprint density at radius 1 is 1.25 bits per heavy atom. The average molecular weight is 258 g/mol. The number of benzene rings is 1. The molecular formula is C9H5Cl2N3O2. The predicted molar refractivity (Wildman–Crippen MR) is 60.2 cm³/mol. The first kappa shape index (κ1) is 10.9. The molecule has 7 heteroatoms. The van der Waals surface area contributed by atoms with Crippen LogP contribution in [0.5, 0.6) is 0 Å². The van der Waals surface area contributed by atoms with E-state index in [-0.39, 0.29) is 5.82 Å². The van der Waals surface area contributed by atoms with Crippen molar-refractivity contribution < 1.29 is 4.92 Å². The van der Waals surface area contributed by atoms with Gasteiger partial charge in [0.25, 0.3) is 0 Å². The summed E-state index contributed by atoms with van der Waals surface area (Å²) in [6.45, 7) is 0. The predicted octanol–water partition coefficient (Wildman–Crippen LogP) is 3.09. The molecule has 1 aromatic carbocycles. The molecular weight excluding hydrogens is 253 g/mol. The van der Waals surface area contributed by atoms with Gasteiger partial charge in [0.1, 0.15) is 6.20 Å². The summed E-state index contributed by atoms with van der Waals surface area (Å²) in [6.07, 6.45) is 2.63. The Morgan fingerprint density at radius 3 is 2.38 bits per heavy atom. The van der Waals surface area contributed by atoms with Gasteiger partial charge in [0.15, 0.2) is 0 Å². The molecule has 0 fully saturated rings. The largest absolute Gasteiger partial charge is 0.381 e. The molecule has 2 rings (SSSR count). The number of imidazole rings is 1. The topological polar surface area (TPSA) is 61.0 Å². The van der Waals surface area contributed by atoms with Gasteiger partial charge in [0.2, 0.25) is 6.33 Å². The number of aromatic nitrogens is 2. The molecule has 0 aliphatic carbocycles. The van der Waals surface area contributed by atoms with Crippen LogP contribution in [0.15, 0.2) is 30.7 Å². The van der Waals surface area contributed by atoms with Gasteiger partial charge in [-0.25, -0.2) is 0 Å². The summed E-state index contributed by atoms with van der Waals surface area (Å²) in [7, 11) is 0. The summed E-state index contributed by atoms with van der Waals surface area (Å²) in [6, 6.07) is 4.86. The highest BCUT2D eigenvalue weighted by atomic mass is 35.5. The fourth-order valence-corrected chi connectivity index (χ4v) is 1.75. The Morgan fingerprint density at radius 2 is 1.88 bits per heavy atom. The fraction of sp³-hybridized carbons (Fsp3) is 0. The Labute approximate surface area is 100 Å². The molecule has 5 nitrogen and oxygen atoms in total. The van der Waals surface area contributed by atoms with Crippen molar-refractivity contribution in [1.29, 1.82) is 0 Å². The monoisotopic (exact) mass is 257 g/mol. The van der Waals surface area contributed by atoms with Gasteiger partial charge in [0, 0.05) is 10.0 Å². The molecule has 0 unspecified atom stereocenters. The second-order valence-electron chi connectivity index (χ2n) is 3.02. The maximum Gasteiger partial charge on any atom is 0.381 e. The molecule has 0 radical (unpaired) electrons. The lowest BCUT2D eigenvalue weighted by Gasteiger charge is -2.01. The van der Waals surface area contributed by atoms with Crippen molar-refractivity contribution >= 4 is 29.0 Å². The van der Waals surface area contributed by atoms with Crippen molar-refractivity contribution in [3.8, 4) is 5.69 Å². The molecule has 0 N–H and O–H groups in total. The van der Waals surface area contributed by atoms with Crippen molar-refractivity contribution in [3.05, 3.63) is 50.9 Å². The van der Waals surface area contributed by atoms with E-state index in [4.69, 9.17) is 23.2 Å². The molecule has 16 heavy (non-hydrogen) atoms. The van der Waals surface area contributed by atoms with Crippen LogP contribution in [0.4, 0.5) is 5.82 Å². The number of nitro groups is 1.